The molecule has 0 saturated carbocycles. The lowest BCUT2D eigenvalue weighted by atomic mass is 10.1. The van der Waals surface area contributed by atoms with Crippen LogP contribution in [0.1, 0.15) is 13.3 Å². The van der Waals surface area contributed by atoms with Crippen molar-refractivity contribution in [1.82, 2.24) is 14.5 Å². The molecule has 1 aromatic rings. The number of likely N-dealkylation sites (N-methyl/N-ethyl adjacent to an activating group) is 1. The summed E-state index contributed by atoms with van der Waals surface area (Å²) in [4.78, 5) is 29.1. The first-order valence-electron chi connectivity index (χ1n) is 6.57. The van der Waals surface area contributed by atoms with Crippen molar-refractivity contribution < 1.29 is 9.53 Å². The van der Waals surface area contributed by atoms with Gasteiger partial charge in [-0.15, -0.1) is 0 Å². The van der Waals surface area contributed by atoms with Gasteiger partial charge in [0.15, 0.2) is 0 Å². The minimum Gasteiger partial charge on any atom is -0.381 e. The molecule has 0 aliphatic carbocycles. The van der Waals surface area contributed by atoms with Gasteiger partial charge in [-0.05, 0) is 19.4 Å². The summed E-state index contributed by atoms with van der Waals surface area (Å²) in [5, 5.41) is 0. The number of carbonyl (C=O) groups excluding carboxylic acids is 1. The van der Waals surface area contributed by atoms with Crippen LogP contribution in [0, 0.1) is 5.92 Å². The maximum absolute atomic E-state index is 12.2. The summed E-state index contributed by atoms with van der Waals surface area (Å²) in [5.41, 5.74) is -0.392. The van der Waals surface area contributed by atoms with Gasteiger partial charge < -0.3 is 9.64 Å². The highest BCUT2D eigenvalue weighted by Gasteiger charge is 2.21. The van der Waals surface area contributed by atoms with Crippen molar-refractivity contribution in [1.29, 1.82) is 0 Å². The van der Waals surface area contributed by atoms with E-state index in [9.17, 15) is 9.59 Å². The van der Waals surface area contributed by atoms with E-state index in [1.54, 1.807) is 17.2 Å². The second-order valence-electron chi connectivity index (χ2n) is 4.69. The SMILES string of the molecule is CCN(CC1CCOC1)C(=O)Cn1cccnc1=O. The van der Waals surface area contributed by atoms with E-state index in [0.717, 1.165) is 19.6 Å². The number of hydrogen-bond acceptors (Lipinski definition) is 4. The van der Waals surface area contributed by atoms with Crippen LogP contribution < -0.4 is 5.69 Å². The Kier molecular flexibility index (Phi) is 4.68. The van der Waals surface area contributed by atoms with Gasteiger partial charge in [0.1, 0.15) is 6.54 Å². The van der Waals surface area contributed by atoms with E-state index in [-0.39, 0.29) is 12.5 Å². The first-order chi connectivity index (χ1) is 9.20. The molecule has 1 saturated heterocycles. The van der Waals surface area contributed by atoms with Gasteiger partial charge in [0.25, 0.3) is 0 Å². The molecule has 0 N–H and O–H groups in total. The number of hydrogen-bond donors (Lipinski definition) is 0. The molecule has 2 heterocycles. The molecular formula is C13H19N3O3. The summed E-state index contributed by atoms with van der Waals surface area (Å²) in [6.45, 7) is 4.83. The molecular weight excluding hydrogens is 246 g/mol. The van der Waals surface area contributed by atoms with E-state index < -0.39 is 5.69 Å². The maximum atomic E-state index is 12.2. The molecule has 1 fully saturated rings. The smallest absolute Gasteiger partial charge is 0.347 e. The van der Waals surface area contributed by atoms with Gasteiger partial charge in [-0.1, -0.05) is 0 Å². The molecule has 1 atom stereocenters. The number of ether oxygens (including phenoxy) is 1. The molecule has 6 nitrogen and oxygen atoms in total. The third-order valence-corrected chi connectivity index (χ3v) is 3.33. The maximum Gasteiger partial charge on any atom is 0.347 e. The molecule has 0 bridgehead atoms. The molecule has 1 aliphatic rings. The van der Waals surface area contributed by atoms with Gasteiger partial charge >= 0.3 is 5.69 Å². The average Bonchev–Trinajstić information content (AvgIpc) is 2.91. The third-order valence-electron chi connectivity index (χ3n) is 3.33. The average molecular weight is 265 g/mol. The molecule has 0 spiro atoms. The second kappa shape index (κ2) is 6.47. The zero-order valence-corrected chi connectivity index (χ0v) is 11.1. The van der Waals surface area contributed by atoms with Gasteiger partial charge in [0.2, 0.25) is 5.91 Å². The fraction of sp³-hybridized carbons (Fsp3) is 0.615. The van der Waals surface area contributed by atoms with Crippen LogP contribution in [-0.2, 0) is 16.1 Å². The van der Waals surface area contributed by atoms with Crippen LogP contribution in [0.5, 0.6) is 0 Å². The van der Waals surface area contributed by atoms with Crippen LogP contribution in [0.15, 0.2) is 23.3 Å². The monoisotopic (exact) mass is 265 g/mol. The highest BCUT2D eigenvalue weighted by atomic mass is 16.5. The fourth-order valence-electron chi connectivity index (χ4n) is 2.20. The van der Waals surface area contributed by atoms with Gasteiger partial charge in [0, 0.05) is 38.0 Å². The highest BCUT2D eigenvalue weighted by molar-refractivity contribution is 5.75. The predicted octanol–water partition coefficient (Wildman–Crippen LogP) is 0.128. The van der Waals surface area contributed by atoms with Crippen molar-refractivity contribution in [3.05, 3.63) is 28.9 Å². The largest absolute Gasteiger partial charge is 0.381 e. The van der Waals surface area contributed by atoms with Crippen LogP contribution in [0.3, 0.4) is 0 Å². The minimum atomic E-state index is -0.392. The van der Waals surface area contributed by atoms with Gasteiger partial charge in [0.05, 0.1) is 6.61 Å². The summed E-state index contributed by atoms with van der Waals surface area (Å²) in [6.07, 6.45) is 4.01. The topological polar surface area (TPSA) is 64.4 Å². The fourth-order valence-corrected chi connectivity index (χ4v) is 2.20. The Morgan fingerprint density at radius 2 is 2.47 bits per heavy atom. The Balaban J connectivity index is 1.96. The molecule has 0 aromatic carbocycles. The normalized spacial score (nSPS) is 18.5. The number of carbonyl (C=O) groups is 1. The van der Waals surface area contributed by atoms with Crippen molar-refractivity contribution in [3.63, 3.8) is 0 Å². The minimum absolute atomic E-state index is 0.0497. The van der Waals surface area contributed by atoms with E-state index >= 15 is 0 Å². The van der Waals surface area contributed by atoms with Crippen LogP contribution >= 0.6 is 0 Å². The quantitative estimate of drug-likeness (QED) is 0.759. The number of nitrogens with zero attached hydrogens (tertiary/aromatic N) is 3. The molecule has 2 rings (SSSR count). The van der Waals surface area contributed by atoms with Crippen molar-refractivity contribution in [2.45, 2.75) is 19.9 Å². The molecule has 0 radical (unpaired) electrons. The molecule has 1 aliphatic heterocycles. The summed E-state index contributed by atoms with van der Waals surface area (Å²) in [6, 6.07) is 1.65. The van der Waals surface area contributed by atoms with Gasteiger partial charge in [-0.2, -0.15) is 0 Å². The number of rotatable bonds is 5. The Labute approximate surface area is 112 Å². The lowest BCUT2D eigenvalue weighted by Crippen LogP contribution is -2.39. The predicted molar refractivity (Wildman–Crippen MR) is 69.7 cm³/mol. The van der Waals surface area contributed by atoms with Crippen LogP contribution in [-0.4, -0.2) is 46.7 Å². The van der Waals surface area contributed by atoms with Crippen LogP contribution in [0.4, 0.5) is 0 Å². The Bertz CT molecular complexity index is 480. The first kappa shape index (κ1) is 13.7. The lowest BCUT2D eigenvalue weighted by Gasteiger charge is -2.23. The third kappa shape index (κ3) is 3.64. The van der Waals surface area contributed by atoms with Gasteiger partial charge in [-0.3, -0.25) is 9.36 Å². The summed E-state index contributed by atoms with van der Waals surface area (Å²) in [7, 11) is 0. The van der Waals surface area contributed by atoms with Crippen molar-refractivity contribution >= 4 is 5.91 Å². The van der Waals surface area contributed by atoms with Crippen molar-refractivity contribution in [3.8, 4) is 0 Å². The second-order valence-corrected chi connectivity index (χ2v) is 4.69. The van der Waals surface area contributed by atoms with E-state index in [0.29, 0.717) is 19.0 Å². The summed E-state index contributed by atoms with van der Waals surface area (Å²) < 4.78 is 6.65. The Morgan fingerprint density at radius 1 is 1.63 bits per heavy atom. The van der Waals surface area contributed by atoms with Crippen molar-refractivity contribution in [2.75, 3.05) is 26.3 Å². The number of amides is 1. The molecule has 104 valence electrons. The van der Waals surface area contributed by atoms with Gasteiger partial charge in [-0.25, -0.2) is 9.78 Å². The number of aromatic nitrogens is 2. The van der Waals surface area contributed by atoms with Crippen molar-refractivity contribution in [2.24, 2.45) is 5.92 Å². The molecule has 1 amide bonds. The van der Waals surface area contributed by atoms with E-state index in [4.69, 9.17) is 4.74 Å². The van der Waals surface area contributed by atoms with E-state index in [1.165, 1.54) is 10.8 Å². The zero-order chi connectivity index (χ0) is 13.7. The summed E-state index contributed by atoms with van der Waals surface area (Å²) >= 11 is 0. The lowest BCUT2D eigenvalue weighted by molar-refractivity contribution is -0.132. The molecule has 6 heteroatoms. The Hall–Kier alpha value is -1.69. The molecule has 1 aromatic heterocycles. The first-order valence-corrected chi connectivity index (χ1v) is 6.57. The summed E-state index contributed by atoms with van der Waals surface area (Å²) in [5.74, 6) is 0.360. The van der Waals surface area contributed by atoms with Crippen LogP contribution in [0.25, 0.3) is 0 Å². The standard InChI is InChI=1S/C13H19N3O3/c1-2-15(8-11-4-7-19-10-11)12(17)9-16-6-3-5-14-13(16)18/h3,5-6,11H,2,4,7-10H2,1H3. The van der Waals surface area contributed by atoms with E-state index in [2.05, 4.69) is 4.98 Å². The van der Waals surface area contributed by atoms with Crippen LogP contribution in [0.2, 0.25) is 0 Å². The Morgan fingerprint density at radius 3 is 3.11 bits per heavy atom. The molecule has 1 unspecified atom stereocenters. The highest BCUT2D eigenvalue weighted by Crippen LogP contribution is 2.14. The van der Waals surface area contributed by atoms with E-state index in [1.807, 2.05) is 6.92 Å². The zero-order valence-electron chi connectivity index (χ0n) is 11.1. The molecule has 19 heavy (non-hydrogen) atoms.